The molecule has 4 aromatic rings. The van der Waals surface area contributed by atoms with Crippen LogP contribution in [0.2, 0.25) is 0 Å². The van der Waals surface area contributed by atoms with E-state index in [1.54, 1.807) is 24.1 Å². The number of hydrogen-bond donors (Lipinski definition) is 6. The second kappa shape index (κ2) is 21.7. The van der Waals surface area contributed by atoms with Crippen LogP contribution in [0.25, 0.3) is 17.2 Å². The summed E-state index contributed by atoms with van der Waals surface area (Å²) in [7, 11) is 3.18. The Balaban J connectivity index is 0.873. The number of benzene rings is 4. The Kier molecular flexibility index (Phi) is 14.8. The molecule has 0 saturated heterocycles. The lowest BCUT2D eigenvalue weighted by molar-refractivity contribution is -0.153. The summed E-state index contributed by atoms with van der Waals surface area (Å²) < 4.78 is 32.7. The van der Waals surface area contributed by atoms with Gasteiger partial charge in [0.05, 0.1) is 51.2 Å². The Bertz CT molecular complexity index is 3090. The summed E-state index contributed by atoms with van der Waals surface area (Å²) in [6, 6.07) is 15.7. The number of imide groups is 1. The van der Waals surface area contributed by atoms with Crippen molar-refractivity contribution in [3.63, 3.8) is 0 Å². The number of aromatic hydroxyl groups is 1. The molecule has 0 spiro atoms. The molecule has 0 radical (unpaired) electrons. The molecule has 3 fully saturated rings. The number of phenols is 1. The van der Waals surface area contributed by atoms with E-state index >= 15 is 0 Å². The number of carbonyl (C=O) groups excluding carboxylic acids is 2. The molecule has 14 nitrogen and oxygen atoms in total. The van der Waals surface area contributed by atoms with Crippen molar-refractivity contribution in [2.24, 2.45) is 29.6 Å². The Morgan fingerprint density at radius 2 is 1.59 bits per heavy atom. The summed E-state index contributed by atoms with van der Waals surface area (Å²) >= 11 is 0. The predicted octanol–water partition coefficient (Wildman–Crippen LogP) is 11.1. The van der Waals surface area contributed by atoms with Gasteiger partial charge in [0.1, 0.15) is 17.2 Å². The van der Waals surface area contributed by atoms with Crippen molar-refractivity contribution in [1.82, 2.24) is 10.2 Å². The minimum absolute atomic E-state index is 0.0329. The minimum atomic E-state index is -1.08. The molecule has 0 unspecified atom stereocenters. The standard InChI is InChI=1S/C66H81N3O11/c1-6-67-65(28-12-14-39(34-65)19-18-38(2)3)80-52-33-50(76-4)43-21-22-44-57-49(68-63(75)60(52)59(43)57)32-51-58(44)61(73)45(37-79-51)41-30-53(77-5)62(74)54(31-41)78-36-42(35-70)66-29-13-17-47(48(66)23-20-40-15-8-9-16-46(40)66)64(26-10-7-11-27-64)69-55(71)24-25-56(69)72/h8-9,15-16,20,23-25,30-33,38-39,42,45,47-48,61,63,67-68,70,73-75H,6-7,10-14,17-19,21-22,26-29,34-37H2,1-5H3/t39-,42+,45+,47+,48-,61+,63-,65+,66+/m1/s1. The van der Waals surface area contributed by atoms with Gasteiger partial charge in [-0.2, -0.15) is 0 Å². The van der Waals surface area contributed by atoms with Crippen LogP contribution >= 0.6 is 0 Å². The van der Waals surface area contributed by atoms with Gasteiger partial charge in [-0.15, -0.1) is 0 Å². The number of nitrogens with zero attached hydrogens (tertiary/aromatic N) is 1. The highest BCUT2D eigenvalue weighted by Gasteiger charge is 2.60. The number of aliphatic hydroxyl groups excluding tert-OH is 3. The number of allylic oxidation sites excluding steroid dienone is 1. The number of fused-ring (bicyclic) bond motifs is 5. The van der Waals surface area contributed by atoms with Crippen LogP contribution < -0.4 is 34.3 Å². The molecule has 426 valence electrons. The quantitative estimate of drug-likeness (QED) is 0.0433. The van der Waals surface area contributed by atoms with Crippen LogP contribution in [0.5, 0.6) is 34.5 Å². The highest BCUT2D eigenvalue weighted by Crippen LogP contribution is 2.62. The first-order valence-electron chi connectivity index (χ1n) is 29.9. The van der Waals surface area contributed by atoms with Crippen LogP contribution in [0.3, 0.4) is 0 Å². The van der Waals surface area contributed by atoms with Gasteiger partial charge in [-0.3, -0.25) is 19.8 Å². The first-order valence-corrected chi connectivity index (χ1v) is 29.9. The van der Waals surface area contributed by atoms with E-state index in [1.165, 1.54) is 32.1 Å². The van der Waals surface area contributed by atoms with Gasteiger partial charge < -0.3 is 49.4 Å². The van der Waals surface area contributed by atoms with Crippen LogP contribution in [0, 0.1) is 29.6 Å². The highest BCUT2D eigenvalue weighted by molar-refractivity contribution is 6.13. The van der Waals surface area contributed by atoms with E-state index in [-0.39, 0.29) is 60.7 Å². The number of methoxy groups -OCH3 is 2. The number of ether oxygens (including phenoxy) is 5. The number of amides is 2. The maximum absolute atomic E-state index is 13.7. The lowest BCUT2D eigenvalue weighted by atomic mass is 9.47. The van der Waals surface area contributed by atoms with Gasteiger partial charge in [-0.25, -0.2) is 0 Å². The largest absolute Gasteiger partial charge is 0.502 e. The zero-order chi connectivity index (χ0) is 55.7. The number of phenolic OH excluding ortho intramolecular Hbond substituents is 1. The van der Waals surface area contributed by atoms with Gasteiger partial charge in [0.2, 0.25) is 5.75 Å². The fourth-order valence-electron chi connectivity index (χ4n) is 16.7. The van der Waals surface area contributed by atoms with Crippen LogP contribution in [0.15, 0.2) is 66.8 Å². The topological polar surface area (TPSA) is 189 Å². The first kappa shape index (κ1) is 54.5. The van der Waals surface area contributed by atoms with E-state index in [4.69, 9.17) is 23.7 Å². The summed E-state index contributed by atoms with van der Waals surface area (Å²) in [5.74, 6) is 1.31. The molecule has 8 aliphatic rings. The van der Waals surface area contributed by atoms with Crippen molar-refractivity contribution in [3.8, 4) is 45.6 Å². The Labute approximate surface area is 470 Å². The van der Waals surface area contributed by atoms with Crippen molar-refractivity contribution in [2.45, 2.75) is 158 Å². The van der Waals surface area contributed by atoms with Gasteiger partial charge in [-0.05, 0) is 110 Å². The first-order chi connectivity index (χ1) is 38.8. The third kappa shape index (κ3) is 8.97. The van der Waals surface area contributed by atoms with Gasteiger partial charge in [0.15, 0.2) is 23.5 Å². The number of carbonyl (C=O) groups is 2. The number of anilines is 1. The molecule has 0 bridgehead atoms. The molecule has 12 rings (SSSR count). The third-order valence-electron chi connectivity index (χ3n) is 20.2. The maximum Gasteiger partial charge on any atom is 0.254 e. The smallest absolute Gasteiger partial charge is 0.254 e. The van der Waals surface area contributed by atoms with Crippen LogP contribution in [0.1, 0.15) is 168 Å². The van der Waals surface area contributed by atoms with Gasteiger partial charge in [0.25, 0.3) is 11.8 Å². The normalized spacial score (nSPS) is 28.2. The molecule has 80 heavy (non-hydrogen) atoms. The minimum Gasteiger partial charge on any atom is -0.502 e. The molecule has 5 aliphatic carbocycles. The summed E-state index contributed by atoms with van der Waals surface area (Å²) in [5, 5.41) is 55.8. The summed E-state index contributed by atoms with van der Waals surface area (Å²) in [4.78, 5) is 28.9. The van der Waals surface area contributed by atoms with Gasteiger partial charge in [-0.1, -0.05) is 102 Å². The SMILES string of the molecule is CCN[C@]1(Oc2cc(OC)c3c4c2[C@@H](O)Nc2cc5c(c(c2-4)CC3)[C@@H](O)[C@H](c2cc(OC)c(O)c(OC[C@H](CO)[C@]34CCC[C@H](C6(N7C(=O)C=CC7=O)CCCCC6)[C@H]3C=Cc3ccccc34)c2)CO5)CCC[C@H](CCC(C)C)C1. The summed E-state index contributed by atoms with van der Waals surface area (Å²) in [6.45, 7) is 7.33. The van der Waals surface area contributed by atoms with Crippen molar-refractivity contribution in [1.29, 1.82) is 0 Å². The van der Waals surface area contributed by atoms with E-state index in [2.05, 4.69) is 55.7 Å². The number of hydrogen-bond acceptors (Lipinski definition) is 13. The second-order valence-corrected chi connectivity index (χ2v) is 24.8. The van der Waals surface area contributed by atoms with Crippen molar-refractivity contribution >= 4 is 23.6 Å². The molecule has 3 aliphatic heterocycles. The molecule has 4 aromatic carbocycles. The Morgan fingerprint density at radius 1 is 0.838 bits per heavy atom. The molecular formula is C66H81N3O11. The third-order valence-corrected chi connectivity index (χ3v) is 20.2. The van der Waals surface area contributed by atoms with Crippen LogP contribution in [-0.2, 0) is 27.8 Å². The molecule has 14 heteroatoms. The van der Waals surface area contributed by atoms with Crippen LogP contribution in [0.4, 0.5) is 5.69 Å². The number of nitrogens with one attached hydrogen (secondary N) is 2. The average Bonchev–Trinajstić information content (AvgIpc) is 3.85. The molecule has 9 atom stereocenters. The maximum atomic E-state index is 13.7. The van der Waals surface area contributed by atoms with E-state index in [9.17, 15) is 30.0 Å². The monoisotopic (exact) mass is 1090 g/mol. The average molecular weight is 1090 g/mol. The van der Waals surface area contributed by atoms with E-state index < -0.39 is 40.8 Å². The zero-order valence-corrected chi connectivity index (χ0v) is 47.3. The van der Waals surface area contributed by atoms with E-state index in [0.717, 1.165) is 117 Å². The molecule has 6 N–H and O–H groups in total. The lowest BCUT2D eigenvalue weighted by Gasteiger charge is -2.60. The molecule has 0 aromatic heterocycles. The number of aliphatic hydroxyl groups is 3. The summed E-state index contributed by atoms with van der Waals surface area (Å²) in [6.07, 6.45) is 19.4. The molecule has 2 amide bonds. The number of rotatable bonds is 17. The lowest BCUT2D eigenvalue weighted by Crippen LogP contribution is -2.64. The fraction of sp³-hybridized carbons (Fsp3) is 0.545. The highest BCUT2D eigenvalue weighted by atomic mass is 16.5. The van der Waals surface area contributed by atoms with Crippen molar-refractivity contribution < 1.29 is 53.7 Å². The van der Waals surface area contributed by atoms with Crippen molar-refractivity contribution in [3.05, 3.63) is 106 Å². The van der Waals surface area contributed by atoms with Gasteiger partial charge in [0, 0.05) is 82.3 Å². The van der Waals surface area contributed by atoms with E-state index in [1.807, 2.05) is 24.3 Å². The van der Waals surface area contributed by atoms with E-state index in [0.29, 0.717) is 64.3 Å². The Morgan fingerprint density at radius 3 is 2.34 bits per heavy atom. The summed E-state index contributed by atoms with van der Waals surface area (Å²) in [5.41, 5.74) is 6.61. The Hall–Kier alpha value is -6.06. The molecule has 3 heterocycles. The predicted molar refractivity (Wildman–Crippen MR) is 306 cm³/mol. The van der Waals surface area contributed by atoms with Gasteiger partial charge >= 0.3 is 0 Å². The molecule has 3 saturated carbocycles. The zero-order valence-electron chi connectivity index (χ0n) is 47.3. The van der Waals surface area contributed by atoms with Crippen molar-refractivity contribution in [2.75, 3.05) is 45.9 Å². The second-order valence-electron chi connectivity index (χ2n) is 24.8. The fourth-order valence-corrected chi connectivity index (χ4v) is 16.7. The molecular weight excluding hydrogens is 1010 g/mol. The van der Waals surface area contributed by atoms with Crippen LogP contribution in [-0.4, -0.2) is 89.0 Å².